The molecule has 2 atom stereocenters. The first kappa shape index (κ1) is 14.9. The maximum Gasteiger partial charge on any atom is 0.107 e. The molecule has 0 saturated heterocycles. The molecule has 0 aliphatic heterocycles. The van der Waals surface area contributed by atoms with Crippen molar-refractivity contribution in [3.8, 4) is 6.07 Å². The van der Waals surface area contributed by atoms with Crippen LogP contribution in [0.3, 0.4) is 0 Å². The van der Waals surface area contributed by atoms with Crippen molar-refractivity contribution in [2.75, 3.05) is 0 Å². The number of rotatable bonds is 4. The second kappa shape index (κ2) is 6.75. The Balaban J connectivity index is 1.94. The fourth-order valence-corrected chi connectivity index (χ4v) is 4.16. The van der Waals surface area contributed by atoms with Crippen molar-refractivity contribution in [3.05, 3.63) is 0 Å². The highest BCUT2D eigenvalue weighted by atomic mass is 15.0. The lowest BCUT2D eigenvalue weighted by atomic mass is 9.73. The quantitative estimate of drug-likeness (QED) is 0.814. The van der Waals surface area contributed by atoms with E-state index < -0.39 is 0 Å². The Morgan fingerprint density at radius 1 is 1.16 bits per heavy atom. The molecule has 0 amide bonds. The van der Waals surface area contributed by atoms with Gasteiger partial charge in [-0.1, -0.05) is 46.0 Å². The van der Waals surface area contributed by atoms with Gasteiger partial charge in [0, 0.05) is 6.04 Å². The van der Waals surface area contributed by atoms with E-state index in [1.54, 1.807) is 0 Å². The van der Waals surface area contributed by atoms with Crippen LogP contribution in [-0.2, 0) is 0 Å². The zero-order chi connectivity index (χ0) is 13.7. The highest BCUT2D eigenvalue weighted by molar-refractivity contribution is 5.11. The molecule has 0 radical (unpaired) electrons. The molecule has 108 valence electrons. The van der Waals surface area contributed by atoms with Crippen LogP contribution >= 0.6 is 0 Å². The van der Waals surface area contributed by atoms with E-state index in [9.17, 15) is 5.26 Å². The number of hydrogen-bond acceptors (Lipinski definition) is 2. The van der Waals surface area contributed by atoms with Gasteiger partial charge in [0.15, 0.2) is 0 Å². The van der Waals surface area contributed by atoms with Crippen LogP contribution in [0.4, 0.5) is 0 Å². The maximum absolute atomic E-state index is 9.71. The minimum absolute atomic E-state index is 0.209. The van der Waals surface area contributed by atoms with Crippen LogP contribution in [0.15, 0.2) is 0 Å². The molecule has 0 spiro atoms. The summed E-state index contributed by atoms with van der Waals surface area (Å²) in [5.41, 5.74) is -0.209. The van der Waals surface area contributed by atoms with Crippen molar-refractivity contribution >= 4 is 0 Å². The first-order valence-electron chi connectivity index (χ1n) is 8.32. The molecule has 2 heteroatoms. The van der Waals surface area contributed by atoms with Crippen molar-refractivity contribution in [1.82, 2.24) is 5.32 Å². The van der Waals surface area contributed by atoms with Crippen molar-refractivity contribution in [2.24, 2.45) is 11.8 Å². The van der Waals surface area contributed by atoms with Gasteiger partial charge >= 0.3 is 0 Å². The van der Waals surface area contributed by atoms with Crippen LogP contribution in [0, 0.1) is 23.2 Å². The summed E-state index contributed by atoms with van der Waals surface area (Å²) in [6, 6.07) is 3.26. The topological polar surface area (TPSA) is 35.8 Å². The molecule has 2 aliphatic rings. The fraction of sp³-hybridized carbons (Fsp3) is 0.941. The summed E-state index contributed by atoms with van der Waals surface area (Å²) in [5.74, 6) is 1.51. The molecule has 0 aromatic rings. The first-order valence-corrected chi connectivity index (χ1v) is 8.32. The van der Waals surface area contributed by atoms with Gasteiger partial charge in [0.1, 0.15) is 5.54 Å². The van der Waals surface area contributed by atoms with Crippen LogP contribution < -0.4 is 5.32 Å². The van der Waals surface area contributed by atoms with Gasteiger partial charge in [0.05, 0.1) is 6.07 Å². The molecular weight excluding hydrogens is 232 g/mol. The number of nitriles is 1. The summed E-state index contributed by atoms with van der Waals surface area (Å²) in [5, 5.41) is 13.5. The largest absolute Gasteiger partial charge is 0.297 e. The third kappa shape index (κ3) is 4.21. The van der Waals surface area contributed by atoms with Crippen molar-refractivity contribution in [3.63, 3.8) is 0 Å². The number of nitrogens with zero attached hydrogens (tertiary/aromatic N) is 1. The standard InChI is InChI=1S/C17H30N2/c1-14(2)11-15-7-6-10-17(12-15,13-18)19-16-8-4-3-5-9-16/h14-16,19H,3-12H2,1-2H3. The minimum Gasteiger partial charge on any atom is -0.297 e. The Bertz CT molecular complexity index is 312. The van der Waals surface area contributed by atoms with E-state index >= 15 is 0 Å². The fourth-order valence-electron chi connectivity index (χ4n) is 4.16. The van der Waals surface area contributed by atoms with Crippen molar-refractivity contribution in [1.29, 1.82) is 5.26 Å². The normalized spacial score (nSPS) is 33.3. The molecule has 2 saturated carbocycles. The van der Waals surface area contributed by atoms with E-state index in [4.69, 9.17) is 0 Å². The average Bonchev–Trinajstić information content (AvgIpc) is 2.39. The predicted octanol–water partition coefficient (Wildman–Crippen LogP) is 4.41. The van der Waals surface area contributed by atoms with Gasteiger partial charge in [-0.3, -0.25) is 5.32 Å². The van der Waals surface area contributed by atoms with Gasteiger partial charge < -0.3 is 0 Å². The summed E-state index contributed by atoms with van der Waals surface area (Å²) in [6.07, 6.45) is 12.6. The third-order valence-corrected chi connectivity index (χ3v) is 4.96. The third-order valence-electron chi connectivity index (χ3n) is 4.96. The molecule has 2 aliphatic carbocycles. The average molecular weight is 262 g/mol. The molecule has 2 nitrogen and oxygen atoms in total. The van der Waals surface area contributed by atoms with Crippen LogP contribution in [0.2, 0.25) is 0 Å². The Morgan fingerprint density at radius 3 is 2.53 bits per heavy atom. The van der Waals surface area contributed by atoms with Gasteiger partial charge in [0.2, 0.25) is 0 Å². The van der Waals surface area contributed by atoms with E-state index in [0.29, 0.717) is 6.04 Å². The highest BCUT2D eigenvalue weighted by Gasteiger charge is 2.38. The molecule has 0 bridgehead atoms. The molecule has 2 fully saturated rings. The zero-order valence-corrected chi connectivity index (χ0v) is 12.8. The molecule has 0 aromatic heterocycles. The highest BCUT2D eigenvalue weighted by Crippen LogP contribution is 2.36. The minimum atomic E-state index is -0.209. The second-order valence-corrected chi connectivity index (χ2v) is 7.27. The van der Waals surface area contributed by atoms with E-state index in [0.717, 1.165) is 24.7 Å². The van der Waals surface area contributed by atoms with Crippen LogP contribution in [0.25, 0.3) is 0 Å². The Labute approximate surface area is 119 Å². The van der Waals surface area contributed by atoms with Crippen molar-refractivity contribution in [2.45, 2.75) is 89.6 Å². The zero-order valence-electron chi connectivity index (χ0n) is 12.8. The molecule has 0 aromatic carbocycles. The van der Waals surface area contributed by atoms with Gasteiger partial charge in [-0.25, -0.2) is 0 Å². The predicted molar refractivity (Wildman–Crippen MR) is 79.8 cm³/mol. The van der Waals surface area contributed by atoms with Crippen LogP contribution in [0.1, 0.15) is 78.1 Å². The lowest BCUT2D eigenvalue weighted by Crippen LogP contribution is -2.52. The van der Waals surface area contributed by atoms with E-state index in [2.05, 4.69) is 25.2 Å². The van der Waals surface area contributed by atoms with Crippen LogP contribution in [-0.4, -0.2) is 11.6 Å². The van der Waals surface area contributed by atoms with E-state index in [-0.39, 0.29) is 5.54 Å². The first-order chi connectivity index (χ1) is 9.13. The summed E-state index contributed by atoms with van der Waals surface area (Å²) >= 11 is 0. The van der Waals surface area contributed by atoms with Gasteiger partial charge in [-0.05, 0) is 43.9 Å². The summed E-state index contributed by atoms with van der Waals surface area (Å²) in [7, 11) is 0. The lowest BCUT2D eigenvalue weighted by molar-refractivity contribution is 0.179. The molecule has 2 rings (SSSR count). The smallest absolute Gasteiger partial charge is 0.107 e. The molecular formula is C17H30N2. The van der Waals surface area contributed by atoms with Gasteiger partial charge in [-0.15, -0.1) is 0 Å². The monoisotopic (exact) mass is 262 g/mol. The van der Waals surface area contributed by atoms with E-state index in [1.807, 2.05) is 0 Å². The van der Waals surface area contributed by atoms with Gasteiger partial charge in [0.25, 0.3) is 0 Å². The summed E-state index contributed by atoms with van der Waals surface area (Å²) in [6.45, 7) is 4.61. The van der Waals surface area contributed by atoms with Crippen LogP contribution in [0.5, 0.6) is 0 Å². The molecule has 2 unspecified atom stereocenters. The summed E-state index contributed by atoms with van der Waals surface area (Å²) < 4.78 is 0. The molecule has 19 heavy (non-hydrogen) atoms. The molecule has 1 N–H and O–H groups in total. The Morgan fingerprint density at radius 2 is 1.89 bits per heavy atom. The maximum atomic E-state index is 9.71. The van der Waals surface area contributed by atoms with Gasteiger partial charge in [-0.2, -0.15) is 5.26 Å². The SMILES string of the molecule is CC(C)CC1CCCC(C#N)(NC2CCCCC2)C1. The van der Waals surface area contributed by atoms with Crippen molar-refractivity contribution < 1.29 is 0 Å². The lowest BCUT2D eigenvalue weighted by Gasteiger charge is -2.40. The number of nitrogens with one attached hydrogen (secondary N) is 1. The Kier molecular flexibility index (Phi) is 5.28. The second-order valence-electron chi connectivity index (χ2n) is 7.27. The number of hydrogen-bond donors (Lipinski definition) is 1. The van der Waals surface area contributed by atoms with E-state index in [1.165, 1.54) is 51.4 Å². The molecule has 0 heterocycles. The Hall–Kier alpha value is -0.550. The summed E-state index contributed by atoms with van der Waals surface area (Å²) in [4.78, 5) is 0.